The monoisotopic (exact) mass is 295 g/mol. The summed E-state index contributed by atoms with van der Waals surface area (Å²) in [4.78, 5) is 11.5. The number of nitrogens with zero attached hydrogens (tertiary/aromatic N) is 1. The van der Waals surface area contributed by atoms with Crippen LogP contribution < -0.4 is 11.2 Å². The smallest absolute Gasteiger partial charge is 0.332 e. The standard InChI is InChI=1S/C12H14BrN3O/c13-10-6-2-1-3-4(6)9-8(10)5(2)7(3)11(9)15-16-12(14)17/h2-10H,1H2,(H3,14,16,17)/b15-11-/t2-,3+,4-,5+,6-,7-,8-,9+,10+/m0/s1. The van der Waals surface area contributed by atoms with E-state index in [4.69, 9.17) is 5.73 Å². The molecule has 0 aromatic carbocycles. The Morgan fingerprint density at radius 2 is 2.00 bits per heavy atom. The number of nitrogens with one attached hydrogen (secondary N) is 1. The summed E-state index contributed by atoms with van der Waals surface area (Å²) >= 11 is 3.93. The van der Waals surface area contributed by atoms with Gasteiger partial charge >= 0.3 is 6.03 Å². The lowest BCUT2D eigenvalue weighted by atomic mass is 9.71. The summed E-state index contributed by atoms with van der Waals surface area (Å²) in [6.45, 7) is 0. The molecule has 2 amide bonds. The molecule has 3 N–H and O–H groups in total. The zero-order valence-corrected chi connectivity index (χ0v) is 10.8. The number of nitrogens with two attached hydrogens (primary N) is 1. The highest BCUT2D eigenvalue weighted by molar-refractivity contribution is 9.09. The molecule has 0 heterocycles. The molecule has 90 valence electrons. The number of halogens is 1. The molecule has 4 nitrogen and oxygen atoms in total. The van der Waals surface area contributed by atoms with Crippen molar-refractivity contribution in [3.8, 4) is 0 Å². The molecule has 17 heavy (non-hydrogen) atoms. The third kappa shape index (κ3) is 0.761. The van der Waals surface area contributed by atoms with Crippen LogP contribution in [0.1, 0.15) is 6.42 Å². The minimum absolute atomic E-state index is 0.536. The van der Waals surface area contributed by atoms with E-state index < -0.39 is 6.03 Å². The number of urea groups is 1. The topological polar surface area (TPSA) is 67.5 Å². The van der Waals surface area contributed by atoms with Gasteiger partial charge in [-0.05, 0) is 41.9 Å². The summed E-state index contributed by atoms with van der Waals surface area (Å²) in [7, 11) is 0. The van der Waals surface area contributed by atoms with Crippen molar-refractivity contribution in [1.82, 2.24) is 5.43 Å². The second-order valence-corrected chi connectivity index (χ2v) is 7.44. The van der Waals surface area contributed by atoms with Crippen molar-refractivity contribution in [1.29, 1.82) is 0 Å². The van der Waals surface area contributed by atoms with Gasteiger partial charge in [0.15, 0.2) is 0 Å². The first-order valence-electron chi connectivity index (χ1n) is 6.47. The van der Waals surface area contributed by atoms with Gasteiger partial charge in [0.1, 0.15) is 0 Å². The number of hydrogen-bond donors (Lipinski definition) is 2. The van der Waals surface area contributed by atoms with E-state index >= 15 is 0 Å². The van der Waals surface area contributed by atoms with E-state index in [1.807, 2.05) is 0 Å². The highest BCUT2D eigenvalue weighted by Gasteiger charge is 2.82. The van der Waals surface area contributed by atoms with E-state index in [-0.39, 0.29) is 0 Å². The van der Waals surface area contributed by atoms with Crippen LogP contribution in [0.2, 0.25) is 0 Å². The molecule has 0 aromatic heterocycles. The zero-order chi connectivity index (χ0) is 11.5. The normalized spacial score (nSPS) is 65.7. The second kappa shape index (κ2) is 2.56. The number of alkyl halides is 1. The van der Waals surface area contributed by atoms with E-state index in [2.05, 4.69) is 26.5 Å². The van der Waals surface area contributed by atoms with Gasteiger partial charge in [-0.15, -0.1) is 0 Å². The molecule has 5 heteroatoms. The Labute approximate surface area is 108 Å². The molecule has 0 aromatic rings. The summed E-state index contributed by atoms with van der Waals surface area (Å²) in [5.74, 6) is 6.55. The Morgan fingerprint density at radius 1 is 1.24 bits per heavy atom. The molecule has 0 radical (unpaired) electrons. The first-order valence-corrected chi connectivity index (χ1v) is 7.38. The van der Waals surface area contributed by atoms with Gasteiger partial charge in [0.05, 0.1) is 0 Å². The molecule has 6 bridgehead atoms. The Hall–Kier alpha value is -0.580. The molecular formula is C12H14BrN3O. The summed E-state index contributed by atoms with van der Waals surface area (Å²) in [5.41, 5.74) is 8.86. The minimum Gasteiger partial charge on any atom is -0.350 e. The Morgan fingerprint density at radius 3 is 2.71 bits per heavy atom. The fourth-order valence-electron chi connectivity index (χ4n) is 6.49. The van der Waals surface area contributed by atoms with Gasteiger partial charge in [-0.1, -0.05) is 15.9 Å². The largest absolute Gasteiger partial charge is 0.350 e. The number of amides is 2. The first kappa shape index (κ1) is 9.36. The fourth-order valence-corrected chi connectivity index (χ4v) is 7.92. The van der Waals surface area contributed by atoms with Crippen LogP contribution in [0.25, 0.3) is 0 Å². The van der Waals surface area contributed by atoms with Crippen molar-refractivity contribution in [2.24, 2.45) is 58.2 Å². The Bertz CT molecular complexity index is 476. The van der Waals surface area contributed by atoms with E-state index in [1.54, 1.807) is 0 Å². The predicted molar refractivity (Wildman–Crippen MR) is 65.4 cm³/mol. The molecule has 0 spiro atoms. The predicted octanol–water partition coefficient (Wildman–Crippen LogP) is 1.16. The minimum atomic E-state index is -0.536. The molecular weight excluding hydrogens is 282 g/mol. The molecule has 6 saturated carbocycles. The number of hydrogen-bond acceptors (Lipinski definition) is 2. The first-order chi connectivity index (χ1) is 8.20. The van der Waals surface area contributed by atoms with Crippen molar-refractivity contribution < 1.29 is 4.79 Å². The molecule has 6 rings (SSSR count). The molecule has 6 aliphatic rings. The second-order valence-electron chi connectivity index (χ2n) is 6.38. The SMILES string of the molecule is NC(=O)N/N=C1/[C@H]2[C@@H]3C[C@H]4[C@H]2[C@@H]2[C@H](Br)[C@@H]4[C@H]3[C@@H]12. The highest BCUT2D eigenvalue weighted by Crippen LogP contribution is 2.82. The summed E-state index contributed by atoms with van der Waals surface area (Å²) in [6.07, 6.45) is 1.41. The van der Waals surface area contributed by atoms with E-state index in [9.17, 15) is 4.79 Å². The third-order valence-electron chi connectivity index (χ3n) is 6.34. The highest BCUT2D eigenvalue weighted by atomic mass is 79.9. The molecule has 0 aliphatic heterocycles. The maximum Gasteiger partial charge on any atom is 0.332 e. The van der Waals surface area contributed by atoms with E-state index in [0.29, 0.717) is 16.7 Å². The number of carbonyl (C=O) groups is 1. The molecule has 9 atom stereocenters. The molecule has 6 fully saturated rings. The van der Waals surface area contributed by atoms with Gasteiger partial charge in [-0.25, -0.2) is 10.2 Å². The number of primary amides is 1. The molecule has 6 aliphatic carbocycles. The molecule has 0 saturated heterocycles. The number of hydrazone groups is 1. The Kier molecular flexibility index (Phi) is 1.41. The number of rotatable bonds is 1. The lowest BCUT2D eigenvalue weighted by molar-refractivity contribution is 0.132. The van der Waals surface area contributed by atoms with Crippen LogP contribution in [0.15, 0.2) is 5.10 Å². The van der Waals surface area contributed by atoms with Gasteiger partial charge in [0.2, 0.25) is 0 Å². The summed E-state index contributed by atoms with van der Waals surface area (Å²) < 4.78 is 0. The van der Waals surface area contributed by atoms with Crippen LogP contribution in [0.5, 0.6) is 0 Å². The van der Waals surface area contributed by atoms with Crippen molar-refractivity contribution in [2.45, 2.75) is 11.2 Å². The lowest BCUT2D eigenvalue weighted by Crippen LogP contribution is -2.30. The third-order valence-corrected chi connectivity index (χ3v) is 7.56. The maximum atomic E-state index is 10.8. The van der Waals surface area contributed by atoms with Crippen molar-refractivity contribution in [2.75, 3.05) is 0 Å². The van der Waals surface area contributed by atoms with Crippen LogP contribution >= 0.6 is 15.9 Å². The van der Waals surface area contributed by atoms with Crippen LogP contribution in [-0.2, 0) is 0 Å². The van der Waals surface area contributed by atoms with Crippen molar-refractivity contribution in [3.63, 3.8) is 0 Å². The van der Waals surface area contributed by atoms with Gasteiger partial charge in [-0.3, -0.25) is 0 Å². The van der Waals surface area contributed by atoms with Crippen LogP contribution in [0.4, 0.5) is 4.79 Å². The number of carbonyl (C=O) groups excluding carboxylic acids is 1. The summed E-state index contributed by atoms with van der Waals surface area (Å²) in [5, 5.41) is 4.35. The van der Waals surface area contributed by atoms with Gasteiger partial charge in [0, 0.05) is 22.4 Å². The quantitative estimate of drug-likeness (QED) is 0.553. The van der Waals surface area contributed by atoms with Gasteiger partial charge < -0.3 is 5.73 Å². The average Bonchev–Trinajstić information content (AvgIpc) is 2.97. The van der Waals surface area contributed by atoms with E-state index in [0.717, 1.165) is 35.5 Å². The Balaban J connectivity index is 1.62. The van der Waals surface area contributed by atoms with Crippen LogP contribution in [0, 0.1) is 47.3 Å². The summed E-state index contributed by atoms with van der Waals surface area (Å²) in [6, 6.07) is -0.536. The average molecular weight is 296 g/mol. The van der Waals surface area contributed by atoms with E-state index in [1.165, 1.54) is 12.1 Å². The zero-order valence-electron chi connectivity index (χ0n) is 9.21. The van der Waals surface area contributed by atoms with Crippen molar-refractivity contribution >= 4 is 27.7 Å². The van der Waals surface area contributed by atoms with Crippen LogP contribution in [0.3, 0.4) is 0 Å². The van der Waals surface area contributed by atoms with Crippen molar-refractivity contribution in [3.05, 3.63) is 0 Å². The lowest BCUT2D eigenvalue weighted by Gasteiger charge is -2.32. The maximum absolute atomic E-state index is 10.8. The van der Waals surface area contributed by atoms with Gasteiger partial charge in [0.25, 0.3) is 0 Å². The molecule has 0 unspecified atom stereocenters. The van der Waals surface area contributed by atoms with Gasteiger partial charge in [-0.2, -0.15) is 5.10 Å². The van der Waals surface area contributed by atoms with Crippen LogP contribution in [-0.4, -0.2) is 16.6 Å². The fraction of sp³-hybridized carbons (Fsp3) is 0.833.